The molecule has 0 aliphatic heterocycles. The Morgan fingerprint density at radius 3 is 1.85 bits per heavy atom. The zero-order chi connectivity index (χ0) is 19.4. The summed E-state index contributed by atoms with van der Waals surface area (Å²) in [6.07, 6.45) is -0.0940. The molecule has 4 heteroatoms. The first-order chi connectivity index (χ1) is 12.9. The highest BCUT2D eigenvalue weighted by Gasteiger charge is 2.31. The highest BCUT2D eigenvalue weighted by molar-refractivity contribution is 7.91. The summed E-state index contributed by atoms with van der Waals surface area (Å²) >= 11 is 0. The van der Waals surface area contributed by atoms with Crippen LogP contribution in [0.25, 0.3) is 0 Å². The van der Waals surface area contributed by atoms with Crippen molar-refractivity contribution in [2.24, 2.45) is 0 Å². The molecule has 3 nitrogen and oxygen atoms in total. The van der Waals surface area contributed by atoms with E-state index in [1.54, 1.807) is 60.7 Å². The number of ketones is 1. The third-order valence-corrected chi connectivity index (χ3v) is 6.76. The molecule has 3 rings (SSSR count). The summed E-state index contributed by atoms with van der Waals surface area (Å²) in [7, 11) is -3.71. The van der Waals surface area contributed by atoms with E-state index in [1.807, 2.05) is 32.0 Å². The van der Waals surface area contributed by atoms with E-state index in [9.17, 15) is 13.2 Å². The van der Waals surface area contributed by atoms with E-state index in [1.165, 1.54) is 0 Å². The molecule has 0 saturated heterocycles. The second kappa shape index (κ2) is 7.89. The summed E-state index contributed by atoms with van der Waals surface area (Å²) in [6.45, 7) is 3.86. The van der Waals surface area contributed by atoms with Crippen LogP contribution in [0.5, 0.6) is 0 Å². The standard InChI is InChI=1S/C23H22O3S/c1-17-8-12-20(13-9-17)23(16-22(24)19-6-4-3-5-7-19)27(25,26)21-14-10-18(2)11-15-21/h3-15,23H,16H2,1-2H3/t23-/m1/s1. The largest absolute Gasteiger partial charge is 0.294 e. The van der Waals surface area contributed by atoms with Gasteiger partial charge in [-0.1, -0.05) is 77.9 Å². The zero-order valence-electron chi connectivity index (χ0n) is 15.4. The van der Waals surface area contributed by atoms with E-state index in [0.29, 0.717) is 11.1 Å². The third-order valence-electron chi connectivity index (χ3n) is 4.64. The van der Waals surface area contributed by atoms with Crippen LogP contribution in [-0.2, 0) is 9.84 Å². The molecule has 0 amide bonds. The van der Waals surface area contributed by atoms with Crippen molar-refractivity contribution in [1.29, 1.82) is 0 Å². The minimum absolute atomic E-state index is 0.0940. The van der Waals surface area contributed by atoms with Crippen molar-refractivity contribution in [3.05, 3.63) is 101 Å². The van der Waals surface area contributed by atoms with Gasteiger partial charge in [-0.05, 0) is 31.5 Å². The van der Waals surface area contributed by atoms with E-state index in [-0.39, 0.29) is 17.1 Å². The Morgan fingerprint density at radius 1 is 0.778 bits per heavy atom. The summed E-state index contributed by atoms with van der Waals surface area (Å²) in [5, 5.41) is -0.923. The zero-order valence-corrected chi connectivity index (χ0v) is 16.2. The highest BCUT2D eigenvalue weighted by Crippen LogP contribution is 2.33. The molecule has 0 fully saturated rings. The van der Waals surface area contributed by atoms with Crippen LogP contribution in [0.4, 0.5) is 0 Å². The predicted octanol–water partition coefficient (Wildman–Crippen LogP) is 5.09. The van der Waals surface area contributed by atoms with Crippen molar-refractivity contribution in [3.63, 3.8) is 0 Å². The minimum Gasteiger partial charge on any atom is -0.294 e. The molecule has 0 bridgehead atoms. The molecule has 0 heterocycles. The van der Waals surface area contributed by atoms with Gasteiger partial charge < -0.3 is 0 Å². The smallest absolute Gasteiger partial charge is 0.185 e. The average molecular weight is 378 g/mol. The highest BCUT2D eigenvalue weighted by atomic mass is 32.2. The summed E-state index contributed by atoms with van der Waals surface area (Å²) in [4.78, 5) is 13.0. The number of Topliss-reactive ketones (excluding diaryl/α,β-unsaturated/α-hetero) is 1. The normalized spacial score (nSPS) is 12.5. The quantitative estimate of drug-likeness (QED) is 0.561. The fraction of sp³-hybridized carbons (Fsp3) is 0.174. The second-order valence-electron chi connectivity index (χ2n) is 6.75. The lowest BCUT2D eigenvalue weighted by molar-refractivity contribution is 0.0980. The second-order valence-corrected chi connectivity index (χ2v) is 8.88. The van der Waals surface area contributed by atoms with Crippen LogP contribution in [0.1, 0.15) is 38.7 Å². The minimum atomic E-state index is -3.71. The molecule has 3 aromatic rings. The molecule has 0 radical (unpaired) electrons. The molecule has 0 aliphatic carbocycles. The van der Waals surface area contributed by atoms with Gasteiger partial charge in [0.1, 0.15) is 0 Å². The van der Waals surface area contributed by atoms with Crippen LogP contribution in [0.2, 0.25) is 0 Å². The van der Waals surface area contributed by atoms with Gasteiger partial charge in [0.25, 0.3) is 0 Å². The number of carbonyl (C=O) groups excluding carboxylic acids is 1. The fourth-order valence-corrected chi connectivity index (χ4v) is 4.72. The molecule has 138 valence electrons. The lowest BCUT2D eigenvalue weighted by Crippen LogP contribution is -2.18. The Hall–Kier alpha value is -2.72. The topological polar surface area (TPSA) is 51.2 Å². The van der Waals surface area contributed by atoms with Crippen LogP contribution in [0.15, 0.2) is 83.8 Å². The van der Waals surface area contributed by atoms with Crippen molar-refractivity contribution in [2.45, 2.75) is 30.4 Å². The lowest BCUT2D eigenvalue weighted by atomic mass is 10.0. The lowest BCUT2D eigenvalue weighted by Gasteiger charge is -2.18. The Kier molecular flexibility index (Phi) is 5.57. The van der Waals surface area contributed by atoms with Crippen LogP contribution in [-0.4, -0.2) is 14.2 Å². The van der Waals surface area contributed by atoms with E-state index in [2.05, 4.69) is 0 Å². The van der Waals surface area contributed by atoms with Crippen molar-refractivity contribution in [1.82, 2.24) is 0 Å². The van der Waals surface area contributed by atoms with Gasteiger partial charge in [0.15, 0.2) is 15.6 Å². The first-order valence-electron chi connectivity index (χ1n) is 8.83. The number of aryl methyl sites for hydroxylation is 2. The number of hydrogen-bond acceptors (Lipinski definition) is 3. The SMILES string of the molecule is Cc1ccc([C@@H](CC(=O)c2ccccc2)S(=O)(=O)c2ccc(C)cc2)cc1. The van der Waals surface area contributed by atoms with E-state index < -0.39 is 15.1 Å². The monoisotopic (exact) mass is 378 g/mol. The van der Waals surface area contributed by atoms with Gasteiger partial charge in [-0.3, -0.25) is 4.79 Å². The molecule has 0 saturated carbocycles. The summed E-state index contributed by atoms with van der Waals surface area (Å²) in [5.41, 5.74) is 3.18. The van der Waals surface area contributed by atoms with Crippen molar-refractivity contribution < 1.29 is 13.2 Å². The van der Waals surface area contributed by atoms with Gasteiger partial charge >= 0.3 is 0 Å². The number of hydrogen-bond donors (Lipinski definition) is 0. The number of carbonyl (C=O) groups is 1. The van der Waals surface area contributed by atoms with Gasteiger partial charge in [0.2, 0.25) is 0 Å². The molecular formula is C23H22O3S. The van der Waals surface area contributed by atoms with Crippen molar-refractivity contribution in [2.75, 3.05) is 0 Å². The van der Waals surface area contributed by atoms with Gasteiger partial charge in [0.05, 0.1) is 10.1 Å². The van der Waals surface area contributed by atoms with Gasteiger partial charge in [0, 0.05) is 12.0 Å². The third kappa shape index (κ3) is 4.34. The maximum atomic E-state index is 13.3. The Morgan fingerprint density at radius 2 is 1.30 bits per heavy atom. The summed E-state index contributed by atoms with van der Waals surface area (Å²) < 4.78 is 26.7. The number of benzene rings is 3. The fourth-order valence-electron chi connectivity index (χ4n) is 2.99. The summed E-state index contributed by atoms with van der Waals surface area (Å²) in [6, 6.07) is 22.9. The molecule has 0 spiro atoms. The molecule has 27 heavy (non-hydrogen) atoms. The Labute approximate surface area is 160 Å². The maximum absolute atomic E-state index is 13.3. The van der Waals surface area contributed by atoms with Crippen LogP contribution in [0, 0.1) is 13.8 Å². The van der Waals surface area contributed by atoms with E-state index in [0.717, 1.165) is 11.1 Å². The van der Waals surface area contributed by atoms with Gasteiger partial charge in [-0.15, -0.1) is 0 Å². The molecule has 0 N–H and O–H groups in total. The van der Waals surface area contributed by atoms with Crippen LogP contribution in [0.3, 0.4) is 0 Å². The molecule has 0 aliphatic rings. The molecule has 1 atom stereocenters. The van der Waals surface area contributed by atoms with Crippen LogP contribution >= 0.6 is 0 Å². The van der Waals surface area contributed by atoms with Crippen molar-refractivity contribution >= 4 is 15.6 Å². The molecular weight excluding hydrogens is 356 g/mol. The Balaban J connectivity index is 2.03. The molecule has 3 aromatic carbocycles. The van der Waals surface area contributed by atoms with Crippen molar-refractivity contribution in [3.8, 4) is 0 Å². The molecule has 0 aromatic heterocycles. The first kappa shape index (κ1) is 19.1. The first-order valence-corrected chi connectivity index (χ1v) is 10.4. The predicted molar refractivity (Wildman–Crippen MR) is 108 cm³/mol. The number of rotatable bonds is 6. The Bertz CT molecular complexity index is 1020. The molecule has 0 unspecified atom stereocenters. The van der Waals surface area contributed by atoms with E-state index in [4.69, 9.17) is 0 Å². The van der Waals surface area contributed by atoms with E-state index >= 15 is 0 Å². The number of sulfone groups is 1. The summed E-state index contributed by atoms with van der Waals surface area (Å²) in [5.74, 6) is -0.183. The van der Waals surface area contributed by atoms with Gasteiger partial charge in [-0.25, -0.2) is 8.42 Å². The maximum Gasteiger partial charge on any atom is 0.185 e. The van der Waals surface area contributed by atoms with Crippen LogP contribution < -0.4 is 0 Å². The van der Waals surface area contributed by atoms with Gasteiger partial charge in [-0.2, -0.15) is 0 Å². The average Bonchev–Trinajstić information content (AvgIpc) is 2.68.